The van der Waals surface area contributed by atoms with Crippen LogP contribution in [0.1, 0.15) is 4.88 Å². The van der Waals surface area contributed by atoms with E-state index in [-0.39, 0.29) is 5.88 Å². The summed E-state index contributed by atoms with van der Waals surface area (Å²) in [6, 6.07) is 17.1. The highest BCUT2D eigenvalue weighted by atomic mass is 32.1. The molecule has 0 aliphatic rings. The maximum atomic E-state index is 10.5. The molecule has 1 N–H and O–H groups in total. The highest BCUT2D eigenvalue weighted by molar-refractivity contribution is 7.73. The van der Waals surface area contributed by atoms with Gasteiger partial charge < -0.3 is 9.84 Å². The van der Waals surface area contributed by atoms with Crippen LogP contribution in [0.5, 0.6) is 11.6 Å². The quantitative estimate of drug-likeness (QED) is 0.319. The average molecular weight is 395 g/mol. The lowest BCUT2D eigenvalue weighted by Gasteiger charge is -2.03. The number of methoxy groups -OCH3 is 1. The third kappa shape index (κ3) is 4.81. The lowest BCUT2D eigenvalue weighted by atomic mass is 10.3. The van der Waals surface area contributed by atoms with Crippen LogP contribution in [0.2, 0.25) is 0 Å². The van der Waals surface area contributed by atoms with E-state index in [0.29, 0.717) is 8.83 Å². The molecular weight excluding hydrogens is 376 g/mol. The zero-order valence-electron chi connectivity index (χ0n) is 14.6. The van der Waals surface area contributed by atoms with Crippen LogP contribution in [-0.2, 0) is 0 Å². The molecule has 0 saturated heterocycles. The summed E-state index contributed by atoms with van der Waals surface area (Å²) < 4.78 is 7.37. The van der Waals surface area contributed by atoms with E-state index in [1.54, 1.807) is 17.9 Å². The van der Waals surface area contributed by atoms with Crippen molar-refractivity contribution in [3.63, 3.8) is 0 Å². The van der Waals surface area contributed by atoms with Crippen LogP contribution in [0.3, 0.4) is 0 Å². The fourth-order valence-electron chi connectivity index (χ4n) is 2.35. The van der Waals surface area contributed by atoms with Gasteiger partial charge in [0.15, 0.2) is 3.95 Å². The molecule has 0 unspecified atom stereocenters. The van der Waals surface area contributed by atoms with Gasteiger partial charge in [0.05, 0.1) is 23.4 Å². The van der Waals surface area contributed by atoms with Gasteiger partial charge in [0.1, 0.15) is 5.75 Å². The topological polar surface area (TPSA) is 46.8 Å². The van der Waals surface area contributed by atoms with Gasteiger partial charge in [-0.05, 0) is 60.8 Å². The number of aromatic hydroxyl groups is 1. The average Bonchev–Trinajstić information content (AvgIpc) is 2.99. The van der Waals surface area contributed by atoms with Gasteiger partial charge in [0.2, 0.25) is 5.88 Å². The third-order valence-electron chi connectivity index (χ3n) is 3.68. The van der Waals surface area contributed by atoms with E-state index in [1.165, 1.54) is 11.3 Å². The normalized spacial score (nSPS) is 11.7. The van der Waals surface area contributed by atoms with Crippen molar-refractivity contribution in [1.29, 1.82) is 0 Å². The van der Waals surface area contributed by atoms with E-state index in [2.05, 4.69) is 4.99 Å². The second-order valence-electron chi connectivity index (χ2n) is 5.45. The summed E-state index contributed by atoms with van der Waals surface area (Å²) in [5.41, 5.74) is 1.69. The molecular formula is C21H18N2O2S2. The number of nitrogens with zero attached hydrogens (tertiary/aromatic N) is 2. The van der Waals surface area contributed by atoms with Gasteiger partial charge >= 0.3 is 0 Å². The van der Waals surface area contributed by atoms with Crippen LogP contribution in [0, 0.1) is 3.95 Å². The Kier molecular flexibility index (Phi) is 6.35. The zero-order chi connectivity index (χ0) is 19.1. The first-order valence-electron chi connectivity index (χ1n) is 8.21. The largest absolute Gasteiger partial charge is 0.497 e. The molecule has 0 radical (unpaired) electrons. The van der Waals surface area contributed by atoms with Crippen molar-refractivity contribution in [2.45, 2.75) is 0 Å². The van der Waals surface area contributed by atoms with Crippen LogP contribution in [0.25, 0.3) is 11.8 Å². The molecule has 0 spiro atoms. The second kappa shape index (κ2) is 9.12. The molecule has 3 aromatic rings. The first kappa shape index (κ1) is 18.8. The zero-order valence-corrected chi connectivity index (χ0v) is 16.3. The molecule has 6 heteroatoms. The highest BCUT2D eigenvalue weighted by Crippen LogP contribution is 2.30. The maximum absolute atomic E-state index is 10.5. The van der Waals surface area contributed by atoms with Crippen molar-refractivity contribution in [2.24, 2.45) is 4.99 Å². The number of para-hydroxylation sites is 1. The van der Waals surface area contributed by atoms with Crippen molar-refractivity contribution < 1.29 is 9.84 Å². The van der Waals surface area contributed by atoms with Gasteiger partial charge in [-0.25, -0.2) is 0 Å². The molecule has 0 amide bonds. The van der Waals surface area contributed by atoms with Crippen LogP contribution in [-0.4, -0.2) is 23.0 Å². The van der Waals surface area contributed by atoms with Crippen molar-refractivity contribution in [3.8, 4) is 17.3 Å². The van der Waals surface area contributed by atoms with Crippen LogP contribution >= 0.6 is 23.6 Å². The molecule has 0 aliphatic heterocycles. The van der Waals surface area contributed by atoms with Gasteiger partial charge in [-0.3, -0.25) is 9.56 Å². The van der Waals surface area contributed by atoms with E-state index in [4.69, 9.17) is 17.0 Å². The first-order valence-corrected chi connectivity index (χ1v) is 9.43. The minimum Gasteiger partial charge on any atom is -0.497 e. The molecule has 0 fully saturated rings. The molecule has 0 saturated carbocycles. The molecule has 27 heavy (non-hydrogen) atoms. The molecule has 4 nitrogen and oxygen atoms in total. The summed E-state index contributed by atoms with van der Waals surface area (Å²) >= 11 is 6.74. The third-order valence-corrected chi connectivity index (χ3v) is 5.01. The molecule has 136 valence electrons. The predicted octanol–water partition coefficient (Wildman–Crippen LogP) is 5.95. The fraction of sp³-hybridized carbons (Fsp3) is 0.0476. The van der Waals surface area contributed by atoms with E-state index < -0.39 is 0 Å². The minimum atomic E-state index is 0.146. The Bertz CT molecular complexity index is 1030. The Morgan fingerprint density at radius 3 is 2.48 bits per heavy atom. The molecule has 3 rings (SSSR count). The fourth-order valence-corrected chi connectivity index (χ4v) is 3.61. The van der Waals surface area contributed by atoms with Gasteiger partial charge in [-0.1, -0.05) is 30.4 Å². The van der Waals surface area contributed by atoms with Gasteiger partial charge in [-0.2, -0.15) is 0 Å². The number of ether oxygens (including phenoxy) is 1. The van der Waals surface area contributed by atoms with Crippen molar-refractivity contribution >= 4 is 41.5 Å². The number of thiazole rings is 1. The lowest BCUT2D eigenvalue weighted by molar-refractivity contribution is 0.415. The SMILES string of the molecule is COc1ccc(N=CC=CC=Cc2sc(=S)n(-c3ccccc3)c2O)cc1. The van der Waals surface area contributed by atoms with Crippen molar-refractivity contribution in [3.05, 3.63) is 81.7 Å². The Labute approximate surface area is 167 Å². The van der Waals surface area contributed by atoms with E-state index in [0.717, 1.165) is 17.1 Å². The molecule has 0 aliphatic carbocycles. The minimum absolute atomic E-state index is 0.146. The Balaban J connectivity index is 1.67. The molecule has 0 bridgehead atoms. The Morgan fingerprint density at radius 2 is 1.78 bits per heavy atom. The van der Waals surface area contributed by atoms with Gasteiger partial charge in [-0.15, -0.1) is 11.3 Å². The first-order chi connectivity index (χ1) is 13.2. The van der Waals surface area contributed by atoms with Crippen molar-refractivity contribution in [2.75, 3.05) is 7.11 Å². The Hall–Kier alpha value is -2.96. The van der Waals surface area contributed by atoms with Gasteiger partial charge in [0, 0.05) is 6.21 Å². The summed E-state index contributed by atoms with van der Waals surface area (Å²) in [5, 5.41) is 10.5. The number of aromatic nitrogens is 1. The van der Waals surface area contributed by atoms with Crippen LogP contribution in [0.15, 0.2) is 77.8 Å². The van der Waals surface area contributed by atoms with E-state index in [9.17, 15) is 5.11 Å². The summed E-state index contributed by atoms with van der Waals surface area (Å²) in [6.07, 6.45) is 9.05. The molecule has 1 aromatic heterocycles. The summed E-state index contributed by atoms with van der Waals surface area (Å²) in [6.45, 7) is 0. The molecule has 2 aromatic carbocycles. The predicted molar refractivity (Wildman–Crippen MR) is 115 cm³/mol. The van der Waals surface area contributed by atoms with Crippen molar-refractivity contribution in [1.82, 2.24) is 4.57 Å². The molecule has 1 heterocycles. The summed E-state index contributed by atoms with van der Waals surface area (Å²) in [4.78, 5) is 5.04. The highest BCUT2D eigenvalue weighted by Gasteiger charge is 2.10. The number of hydrogen-bond donors (Lipinski definition) is 1. The Morgan fingerprint density at radius 1 is 1.04 bits per heavy atom. The smallest absolute Gasteiger partial charge is 0.215 e. The van der Waals surface area contributed by atoms with E-state index in [1.807, 2.05) is 78.9 Å². The summed E-state index contributed by atoms with van der Waals surface area (Å²) in [7, 11) is 1.63. The van der Waals surface area contributed by atoms with Crippen LogP contribution in [0.4, 0.5) is 5.69 Å². The number of allylic oxidation sites excluding steroid dienone is 3. The maximum Gasteiger partial charge on any atom is 0.215 e. The molecule has 0 atom stereocenters. The summed E-state index contributed by atoms with van der Waals surface area (Å²) in [5.74, 6) is 0.949. The number of benzene rings is 2. The second-order valence-corrected chi connectivity index (χ2v) is 7.12. The van der Waals surface area contributed by atoms with E-state index >= 15 is 0 Å². The number of aliphatic imine (C=N–C) groups is 1. The standard InChI is InChI=1S/C21H18N2O2S2/c1-25-18-13-11-16(12-14-18)22-15-7-3-6-10-19-20(24)23(21(26)27-19)17-8-4-2-5-9-17/h2-15,24H,1H3. The number of hydrogen-bond acceptors (Lipinski definition) is 5. The van der Waals surface area contributed by atoms with Crippen LogP contribution < -0.4 is 4.74 Å². The lowest BCUT2D eigenvalue weighted by Crippen LogP contribution is -1.91. The van der Waals surface area contributed by atoms with Gasteiger partial charge in [0.25, 0.3) is 0 Å². The number of rotatable bonds is 6. The monoisotopic (exact) mass is 394 g/mol.